The van der Waals surface area contributed by atoms with Crippen molar-refractivity contribution in [2.45, 2.75) is 40.2 Å². The zero-order chi connectivity index (χ0) is 15.0. The standard InChI is InChI=1S/C18H23NO2/c1-12-6-8-19(9-7-12)11-15-10-17(20)21-18-14(3)13(2)4-5-16(15)18/h4-5,10,12H,6-9,11H2,1-3H3/p+1. The lowest BCUT2D eigenvalue weighted by Crippen LogP contribution is -3.11. The lowest BCUT2D eigenvalue weighted by Gasteiger charge is -2.27. The Morgan fingerprint density at radius 2 is 1.95 bits per heavy atom. The van der Waals surface area contributed by atoms with Crippen LogP contribution in [0.4, 0.5) is 0 Å². The van der Waals surface area contributed by atoms with Crippen molar-refractivity contribution in [2.75, 3.05) is 13.1 Å². The highest BCUT2D eigenvalue weighted by molar-refractivity contribution is 5.83. The highest BCUT2D eigenvalue weighted by Gasteiger charge is 2.20. The molecule has 112 valence electrons. The predicted octanol–water partition coefficient (Wildman–Crippen LogP) is 2.22. The Kier molecular flexibility index (Phi) is 3.85. The average molecular weight is 286 g/mol. The third kappa shape index (κ3) is 2.88. The first-order chi connectivity index (χ1) is 10.0. The van der Waals surface area contributed by atoms with Gasteiger partial charge in [-0.2, -0.15) is 0 Å². The second-order valence-electron chi connectivity index (χ2n) is 6.58. The summed E-state index contributed by atoms with van der Waals surface area (Å²) >= 11 is 0. The first-order valence-corrected chi connectivity index (χ1v) is 7.91. The van der Waals surface area contributed by atoms with Crippen molar-refractivity contribution in [1.29, 1.82) is 0 Å². The lowest BCUT2D eigenvalue weighted by atomic mass is 9.98. The van der Waals surface area contributed by atoms with Gasteiger partial charge in [0.1, 0.15) is 12.1 Å². The van der Waals surface area contributed by atoms with Crippen molar-refractivity contribution in [3.63, 3.8) is 0 Å². The summed E-state index contributed by atoms with van der Waals surface area (Å²) in [5.74, 6) is 0.844. The molecule has 3 heteroatoms. The van der Waals surface area contributed by atoms with Crippen molar-refractivity contribution in [2.24, 2.45) is 5.92 Å². The van der Waals surface area contributed by atoms with E-state index >= 15 is 0 Å². The fourth-order valence-corrected chi connectivity index (χ4v) is 3.29. The number of benzene rings is 1. The number of piperidine rings is 1. The molecule has 1 aromatic heterocycles. The highest BCUT2D eigenvalue weighted by Crippen LogP contribution is 2.23. The number of hydrogen-bond acceptors (Lipinski definition) is 2. The van der Waals surface area contributed by atoms with E-state index in [0.29, 0.717) is 0 Å². The minimum absolute atomic E-state index is 0.226. The minimum atomic E-state index is -0.226. The predicted molar refractivity (Wildman–Crippen MR) is 84.8 cm³/mol. The van der Waals surface area contributed by atoms with Crippen LogP contribution in [-0.4, -0.2) is 13.1 Å². The Bertz CT molecular complexity index is 709. The summed E-state index contributed by atoms with van der Waals surface area (Å²) in [5.41, 5.74) is 3.92. The molecule has 0 aliphatic carbocycles. The van der Waals surface area contributed by atoms with E-state index in [4.69, 9.17) is 4.42 Å². The van der Waals surface area contributed by atoms with Gasteiger partial charge in [0.05, 0.1) is 13.1 Å². The summed E-state index contributed by atoms with van der Waals surface area (Å²) in [6, 6.07) is 5.90. The molecule has 1 N–H and O–H groups in total. The lowest BCUT2D eigenvalue weighted by molar-refractivity contribution is -0.919. The molecule has 0 radical (unpaired) electrons. The maximum Gasteiger partial charge on any atom is 0.336 e. The molecule has 1 aliphatic heterocycles. The van der Waals surface area contributed by atoms with Gasteiger partial charge in [-0.3, -0.25) is 0 Å². The highest BCUT2D eigenvalue weighted by atomic mass is 16.4. The fraction of sp³-hybridized carbons (Fsp3) is 0.500. The molecule has 1 fully saturated rings. The maximum absolute atomic E-state index is 11.9. The molecule has 2 heterocycles. The number of quaternary nitrogens is 1. The average Bonchev–Trinajstić information content (AvgIpc) is 2.46. The summed E-state index contributed by atoms with van der Waals surface area (Å²) in [4.78, 5) is 13.5. The van der Waals surface area contributed by atoms with E-state index in [2.05, 4.69) is 26.0 Å². The van der Waals surface area contributed by atoms with Crippen LogP contribution < -0.4 is 10.5 Å². The maximum atomic E-state index is 11.9. The number of aryl methyl sites for hydroxylation is 2. The molecular weight excluding hydrogens is 262 g/mol. The molecule has 0 saturated carbocycles. The zero-order valence-electron chi connectivity index (χ0n) is 13.2. The normalized spacial score (nSPS) is 22.6. The molecule has 0 spiro atoms. The second kappa shape index (κ2) is 5.64. The van der Waals surface area contributed by atoms with Crippen LogP contribution in [0.2, 0.25) is 0 Å². The number of likely N-dealkylation sites (tertiary alicyclic amines) is 1. The Balaban J connectivity index is 1.98. The molecule has 1 aliphatic rings. The minimum Gasteiger partial charge on any atom is -0.422 e. The second-order valence-corrected chi connectivity index (χ2v) is 6.58. The molecule has 1 saturated heterocycles. The van der Waals surface area contributed by atoms with Gasteiger partial charge in [0, 0.05) is 17.0 Å². The van der Waals surface area contributed by atoms with Gasteiger partial charge in [0.25, 0.3) is 0 Å². The van der Waals surface area contributed by atoms with Crippen molar-refractivity contribution < 1.29 is 9.32 Å². The Labute approximate surface area is 125 Å². The fourth-order valence-electron chi connectivity index (χ4n) is 3.29. The monoisotopic (exact) mass is 286 g/mol. The first kappa shape index (κ1) is 14.3. The molecule has 0 unspecified atom stereocenters. The Hall–Kier alpha value is -1.61. The smallest absolute Gasteiger partial charge is 0.336 e. The topological polar surface area (TPSA) is 34.7 Å². The van der Waals surface area contributed by atoms with Crippen molar-refractivity contribution >= 4 is 11.0 Å². The molecular formula is C18H24NO2+. The van der Waals surface area contributed by atoms with E-state index in [1.165, 1.54) is 31.5 Å². The van der Waals surface area contributed by atoms with E-state index in [0.717, 1.165) is 34.6 Å². The third-order valence-electron chi connectivity index (χ3n) is 4.94. The Morgan fingerprint density at radius 1 is 1.24 bits per heavy atom. The number of hydrogen-bond donors (Lipinski definition) is 1. The zero-order valence-corrected chi connectivity index (χ0v) is 13.2. The number of rotatable bonds is 2. The van der Waals surface area contributed by atoms with Crippen LogP contribution in [0.25, 0.3) is 11.0 Å². The van der Waals surface area contributed by atoms with E-state index < -0.39 is 0 Å². The van der Waals surface area contributed by atoms with E-state index in [9.17, 15) is 4.79 Å². The first-order valence-electron chi connectivity index (χ1n) is 7.91. The van der Waals surface area contributed by atoms with E-state index in [1.807, 2.05) is 6.92 Å². The summed E-state index contributed by atoms with van der Waals surface area (Å²) in [6.45, 7) is 9.74. The molecule has 1 aromatic carbocycles. The van der Waals surface area contributed by atoms with Crippen LogP contribution >= 0.6 is 0 Å². The van der Waals surface area contributed by atoms with E-state index in [1.54, 1.807) is 11.0 Å². The molecule has 3 rings (SSSR count). The third-order valence-corrected chi connectivity index (χ3v) is 4.94. The number of fused-ring (bicyclic) bond motifs is 1. The molecule has 3 nitrogen and oxygen atoms in total. The van der Waals surface area contributed by atoms with Gasteiger partial charge in [-0.05, 0) is 43.7 Å². The van der Waals surface area contributed by atoms with Crippen LogP contribution in [0.5, 0.6) is 0 Å². The van der Waals surface area contributed by atoms with Crippen LogP contribution in [0, 0.1) is 19.8 Å². The molecule has 2 aromatic rings. The molecule has 21 heavy (non-hydrogen) atoms. The quantitative estimate of drug-likeness (QED) is 0.859. The summed E-state index contributed by atoms with van der Waals surface area (Å²) in [7, 11) is 0. The van der Waals surface area contributed by atoms with Crippen LogP contribution in [-0.2, 0) is 6.54 Å². The summed E-state index contributed by atoms with van der Waals surface area (Å²) in [5, 5.41) is 1.10. The van der Waals surface area contributed by atoms with Gasteiger partial charge < -0.3 is 9.32 Å². The SMILES string of the molecule is Cc1ccc2c(C[NH+]3CCC(C)CC3)cc(=O)oc2c1C. The molecule has 0 bridgehead atoms. The van der Waals surface area contributed by atoms with Gasteiger partial charge >= 0.3 is 5.63 Å². The largest absolute Gasteiger partial charge is 0.422 e. The van der Waals surface area contributed by atoms with Crippen LogP contribution in [0.15, 0.2) is 27.4 Å². The van der Waals surface area contributed by atoms with Gasteiger partial charge in [-0.15, -0.1) is 0 Å². The summed E-state index contributed by atoms with van der Waals surface area (Å²) in [6.07, 6.45) is 2.57. The van der Waals surface area contributed by atoms with Crippen molar-refractivity contribution in [3.05, 3.63) is 45.3 Å². The van der Waals surface area contributed by atoms with Gasteiger partial charge in [0.15, 0.2) is 0 Å². The van der Waals surface area contributed by atoms with Gasteiger partial charge in [0.2, 0.25) is 0 Å². The molecule has 0 amide bonds. The van der Waals surface area contributed by atoms with Gasteiger partial charge in [-0.25, -0.2) is 4.79 Å². The van der Waals surface area contributed by atoms with Gasteiger partial charge in [-0.1, -0.05) is 19.1 Å². The Morgan fingerprint density at radius 3 is 2.67 bits per heavy atom. The number of nitrogens with one attached hydrogen (secondary N) is 1. The molecule has 0 atom stereocenters. The van der Waals surface area contributed by atoms with Crippen molar-refractivity contribution in [1.82, 2.24) is 0 Å². The summed E-state index contributed by atoms with van der Waals surface area (Å²) < 4.78 is 5.46. The van der Waals surface area contributed by atoms with Crippen LogP contribution in [0.3, 0.4) is 0 Å². The van der Waals surface area contributed by atoms with Crippen LogP contribution in [0.1, 0.15) is 36.5 Å². The van der Waals surface area contributed by atoms with Crippen molar-refractivity contribution in [3.8, 4) is 0 Å². The van der Waals surface area contributed by atoms with E-state index in [-0.39, 0.29) is 5.63 Å².